The topological polar surface area (TPSA) is 89.5 Å². The van der Waals surface area contributed by atoms with Crippen LogP contribution in [-0.4, -0.2) is 34.4 Å². The number of hydrazine groups is 1. The molecule has 0 spiro atoms. The van der Waals surface area contributed by atoms with Crippen molar-refractivity contribution in [2.24, 2.45) is 5.92 Å². The van der Waals surface area contributed by atoms with Crippen LogP contribution in [0.25, 0.3) is 0 Å². The number of nitrogens with zero attached hydrogens (tertiary/aromatic N) is 2. The Bertz CT molecular complexity index is 886. The highest BCUT2D eigenvalue weighted by Gasteiger charge is 2.29. The van der Waals surface area contributed by atoms with E-state index in [9.17, 15) is 14.3 Å². The summed E-state index contributed by atoms with van der Waals surface area (Å²) in [7, 11) is 0. The van der Waals surface area contributed by atoms with Crippen molar-refractivity contribution in [1.29, 1.82) is 0 Å². The van der Waals surface area contributed by atoms with E-state index in [0.717, 1.165) is 25.7 Å². The van der Waals surface area contributed by atoms with Crippen LogP contribution in [0.3, 0.4) is 0 Å². The van der Waals surface area contributed by atoms with E-state index < -0.39 is 6.23 Å². The third-order valence-corrected chi connectivity index (χ3v) is 5.66. The van der Waals surface area contributed by atoms with E-state index in [1.807, 2.05) is 6.08 Å². The summed E-state index contributed by atoms with van der Waals surface area (Å²) in [6.45, 7) is 0. The van der Waals surface area contributed by atoms with E-state index in [4.69, 9.17) is 0 Å². The molecule has 1 aromatic carbocycles. The van der Waals surface area contributed by atoms with Crippen LogP contribution < -0.4 is 21.1 Å². The summed E-state index contributed by atoms with van der Waals surface area (Å²) < 4.78 is 13.9. The third-order valence-electron chi connectivity index (χ3n) is 5.66. The first-order valence-corrected chi connectivity index (χ1v) is 10.2. The molecule has 158 valence electrons. The summed E-state index contributed by atoms with van der Waals surface area (Å²) in [5, 5.41) is 18.4. The fourth-order valence-electron chi connectivity index (χ4n) is 3.97. The highest BCUT2D eigenvalue weighted by atomic mass is 19.1. The van der Waals surface area contributed by atoms with Gasteiger partial charge in [0.2, 0.25) is 0 Å². The first kappa shape index (κ1) is 20.5. The molecule has 7 nitrogen and oxygen atoms in total. The van der Waals surface area contributed by atoms with Crippen LogP contribution in [0.5, 0.6) is 0 Å². The van der Waals surface area contributed by atoms with Crippen molar-refractivity contribution in [3.8, 4) is 0 Å². The largest absolute Gasteiger partial charge is 0.378 e. The normalized spacial score (nSPS) is 24.6. The van der Waals surface area contributed by atoms with Gasteiger partial charge < -0.3 is 10.4 Å². The molecule has 2 atom stereocenters. The number of hydrogen-bond donors (Lipinski definition) is 4. The van der Waals surface area contributed by atoms with Crippen molar-refractivity contribution in [3.05, 3.63) is 72.4 Å². The van der Waals surface area contributed by atoms with Gasteiger partial charge in [-0.2, -0.15) is 0 Å². The third kappa shape index (κ3) is 4.84. The second-order valence-electron chi connectivity index (χ2n) is 7.70. The number of aliphatic hydroxyl groups is 1. The molecular weight excluding hydrogens is 385 g/mol. The number of pyridine rings is 1. The zero-order chi connectivity index (χ0) is 20.9. The minimum absolute atomic E-state index is 0.0898. The van der Waals surface area contributed by atoms with Gasteiger partial charge in [-0.15, -0.1) is 0 Å². The average Bonchev–Trinajstić information content (AvgIpc) is 3.23. The summed E-state index contributed by atoms with van der Waals surface area (Å²) in [5.74, 6) is -0.312. The Morgan fingerprint density at radius 2 is 1.90 bits per heavy atom. The Labute approximate surface area is 175 Å². The number of nitrogens with one attached hydrogen (secondary N) is 3. The number of halogens is 1. The van der Waals surface area contributed by atoms with Gasteiger partial charge in [-0.05, 0) is 61.9 Å². The SMILES string of the molecule is O=C(NC1CCC(C(O)NC2C=CN(c3ccccc3F)N2)CC1)c1ccncc1. The number of rotatable bonds is 6. The number of hydrogen-bond acceptors (Lipinski definition) is 6. The molecule has 2 unspecified atom stereocenters. The van der Waals surface area contributed by atoms with Crippen LogP contribution >= 0.6 is 0 Å². The summed E-state index contributed by atoms with van der Waals surface area (Å²) >= 11 is 0. The summed E-state index contributed by atoms with van der Waals surface area (Å²) in [4.78, 5) is 16.2. The molecule has 0 radical (unpaired) electrons. The number of carbonyl (C=O) groups is 1. The number of aliphatic hydroxyl groups excluding tert-OH is 1. The Balaban J connectivity index is 1.22. The number of aromatic nitrogens is 1. The maximum absolute atomic E-state index is 13.9. The van der Waals surface area contributed by atoms with Gasteiger partial charge in [-0.1, -0.05) is 12.1 Å². The molecule has 1 aliphatic heterocycles. The first-order chi connectivity index (χ1) is 14.6. The molecule has 0 bridgehead atoms. The maximum atomic E-state index is 13.9. The highest BCUT2D eigenvalue weighted by Crippen LogP contribution is 2.27. The number of carbonyl (C=O) groups excluding carboxylic acids is 1. The van der Waals surface area contributed by atoms with E-state index in [-0.39, 0.29) is 29.8 Å². The molecule has 1 fully saturated rings. The molecular formula is C22H26FN5O2. The first-order valence-electron chi connectivity index (χ1n) is 10.2. The molecule has 1 aliphatic carbocycles. The van der Waals surface area contributed by atoms with Crippen LogP contribution in [0.15, 0.2) is 61.1 Å². The van der Waals surface area contributed by atoms with Crippen molar-refractivity contribution < 1.29 is 14.3 Å². The highest BCUT2D eigenvalue weighted by molar-refractivity contribution is 5.94. The van der Waals surface area contributed by atoms with E-state index >= 15 is 0 Å². The predicted molar refractivity (Wildman–Crippen MR) is 112 cm³/mol. The zero-order valence-corrected chi connectivity index (χ0v) is 16.5. The van der Waals surface area contributed by atoms with E-state index in [1.165, 1.54) is 6.07 Å². The molecule has 4 N–H and O–H groups in total. The molecule has 8 heteroatoms. The molecule has 4 rings (SSSR count). The van der Waals surface area contributed by atoms with Crippen molar-refractivity contribution in [1.82, 2.24) is 21.0 Å². The van der Waals surface area contributed by atoms with Crippen molar-refractivity contribution in [3.63, 3.8) is 0 Å². The Kier molecular flexibility index (Phi) is 6.37. The molecule has 1 aromatic heterocycles. The van der Waals surface area contributed by atoms with Crippen LogP contribution in [0, 0.1) is 11.7 Å². The lowest BCUT2D eigenvalue weighted by Crippen LogP contribution is -2.51. The van der Waals surface area contributed by atoms with Gasteiger partial charge in [0, 0.05) is 30.2 Å². The molecule has 1 saturated carbocycles. The predicted octanol–water partition coefficient (Wildman–Crippen LogP) is 2.28. The lowest BCUT2D eigenvalue weighted by molar-refractivity contribution is 0.0417. The van der Waals surface area contributed by atoms with Gasteiger partial charge >= 0.3 is 0 Å². The summed E-state index contributed by atoms with van der Waals surface area (Å²) in [5.41, 5.74) is 4.15. The fraction of sp³-hybridized carbons (Fsp3) is 0.364. The van der Waals surface area contributed by atoms with Crippen molar-refractivity contribution in [2.75, 3.05) is 5.01 Å². The second-order valence-corrected chi connectivity index (χ2v) is 7.70. The molecule has 2 aromatic rings. The quantitative estimate of drug-likeness (QED) is 0.546. The van der Waals surface area contributed by atoms with E-state index in [1.54, 1.807) is 53.9 Å². The average molecular weight is 411 g/mol. The van der Waals surface area contributed by atoms with Gasteiger partial charge in [-0.3, -0.25) is 20.1 Å². The van der Waals surface area contributed by atoms with Gasteiger partial charge in [-0.25, -0.2) is 9.82 Å². The summed E-state index contributed by atoms with van der Waals surface area (Å²) in [6.07, 6.45) is 9.06. The van der Waals surface area contributed by atoms with Crippen LogP contribution in [0.4, 0.5) is 10.1 Å². The molecule has 30 heavy (non-hydrogen) atoms. The standard InChI is InChI=1S/C22H26FN5O2/c23-18-3-1-2-4-19(18)28-14-11-20(27-28)26-22(30)15-5-7-17(8-6-15)25-21(29)16-9-12-24-13-10-16/h1-4,9-15,17,20,22,26-27,30H,5-8H2,(H,25,29). The smallest absolute Gasteiger partial charge is 0.251 e. The lowest BCUT2D eigenvalue weighted by atomic mass is 9.84. The number of para-hydroxylation sites is 1. The monoisotopic (exact) mass is 411 g/mol. The lowest BCUT2D eigenvalue weighted by Gasteiger charge is -2.33. The fourth-order valence-corrected chi connectivity index (χ4v) is 3.97. The maximum Gasteiger partial charge on any atom is 0.251 e. The molecule has 2 heterocycles. The molecule has 2 aliphatic rings. The number of amides is 1. The minimum atomic E-state index is -0.690. The summed E-state index contributed by atoms with van der Waals surface area (Å²) in [6, 6.07) is 10.0. The van der Waals surface area contributed by atoms with E-state index in [0.29, 0.717) is 11.3 Å². The molecule has 0 saturated heterocycles. The van der Waals surface area contributed by atoms with Gasteiger partial charge in [0.15, 0.2) is 0 Å². The van der Waals surface area contributed by atoms with Crippen LogP contribution in [0.1, 0.15) is 36.0 Å². The van der Waals surface area contributed by atoms with Crippen molar-refractivity contribution >= 4 is 11.6 Å². The van der Waals surface area contributed by atoms with Crippen molar-refractivity contribution in [2.45, 2.75) is 44.1 Å². The minimum Gasteiger partial charge on any atom is -0.378 e. The second kappa shape index (κ2) is 9.34. The van der Waals surface area contributed by atoms with Gasteiger partial charge in [0.1, 0.15) is 12.0 Å². The van der Waals surface area contributed by atoms with Gasteiger partial charge in [0.25, 0.3) is 5.91 Å². The zero-order valence-electron chi connectivity index (χ0n) is 16.5. The van der Waals surface area contributed by atoms with E-state index in [2.05, 4.69) is 21.0 Å². The molecule has 1 amide bonds. The van der Waals surface area contributed by atoms with Gasteiger partial charge in [0.05, 0.1) is 11.9 Å². The van der Waals surface area contributed by atoms with Crippen LogP contribution in [0.2, 0.25) is 0 Å². The van der Waals surface area contributed by atoms with Crippen LogP contribution in [-0.2, 0) is 0 Å². The Morgan fingerprint density at radius 3 is 2.63 bits per heavy atom. The number of anilines is 1. The Hall–Kier alpha value is -2.81. The number of benzene rings is 1. The Morgan fingerprint density at radius 1 is 1.17 bits per heavy atom.